The molecule has 0 radical (unpaired) electrons. The smallest absolute Gasteiger partial charge is 0.222 e. The van der Waals surface area contributed by atoms with Crippen LogP contribution < -0.4 is 5.32 Å². The Labute approximate surface area is 79.5 Å². The minimum atomic E-state index is 0.316. The Kier molecular flexibility index (Phi) is 2.28. The number of carbonyl (C=O) groups is 1. The molecule has 1 amide bonds. The number of nitrogens with one attached hydrogen (secondary N) is 1. The maximum atomic E-state index is 11.3. The van der Waals surface area contributed by atoms with Crippen LogP contribution >= 0.6 is 0 Å². The van der Waals surface area contributed by atoms with Crippen LogP contribution in [0.15, 0.2) is 0 Å². The molecule has 2 aliphatic heterocycles. The number of hydrogen-bond acceptors (Lipinski definition) is 2. The highest BCUT2D eigenvalue weighted by molar-refractivity contribution is 5.76. The van der Waals surface area contributed by atoms with Crippen molar-refractivity contribution in [1.82, 2.24) is 10.2 Å². The monoisotopic (exact) mass is 182 g/mol. The summed E-state index contributed by atoms with van der Waals surface area (Å²) in [5, 5.41) is 3.44. The van der Waals surface area contributed by atoms with Crippen LogP contribution in [0.3, 0.4) is 0 Å². The summed E-state index contributed by atoms with van der Waals surface area (Å²) in [6.07, 6.45) is 4.39. The molecule has 0 unspecified atom stereocenters. The molecule has 2 saturated heterocycles. The summed E-state index contributed by atoms with van der Waals surface area (Å²) in [5.74, 6) is 0.316. The Hall–Kier alpha value is -0.570. The summed E-state index contributed by atoms with van der Waals surface area (Å²) < 4.78 is 0. The molecule has 0 aromatic carbocycles. The Balaban J connectivity index is 2.02. The van der Waals surface area contributed by atoms with Crippen LogP contribution in [0, 0.1) is 5.41 Å². The average Bonchev–Trinajstić information content (AvgIpc) is 2.14. The van der Waals surface area contributed by atoms with Gasteiger partial charge in [-0.25, -0.2) is 0 Å². The first kappa shape index (κ1) is 9.00. The number of likely N-dealkylation sites (tertiary alicyclic amines) is 1. The molecule has 1 spiro atoms. The largest absolute Gasteiger partial charge is 0.345 e. The summed E-state index contributed by atoms with van der Waals surface area (Å²) in [6.45, 7) is 3.21. The molecule has 1 atom stereocenters. The normalized spacial score (nSPS) is 35.5. The number of rotatable bonds is 0. The molecular weight excluding hydrogens is 164 g/mol. The maximum Gasteiger partial charge on any atom is 0.222 e. The van der Waals surface area contributed by atoms with Crippen molar-refractivity contribution in [3.63, 3.8) is 0 Å². The second kappa shape index (κ2) is 3.29. The topological polar surface area (TPSA) is 32.3 Å². The van der Waals surface area contributed by atoms with Crippen LogP contribution in [0.1, 0.15) is 25.7 Å². The van der Waals surface area contributed by atoms with Crippen molar-refractivity contribution >= 4 is 5.91 Å². The molecule has 0 aromatic heterocycles. The summed E-state index contributed by atoms with van der Waals surface area (Å²) >= 11 is 0. The van der Waals surface area contributed by atoms with E-state index in [9.17, 15) is 4.79 Å². The fourth-order valence-electron chi connectivity index (χ4n) is 2.61. The molecule has 0 aromatic rings. The zero-order valence-corrected chi connectivity index (χ0v) is 8.31. The van der Waals surface area contributed by atoms with Crippen molar-refractivity contribution in [2.45, 2.75) is 25.7 Å². The van der Waals surface area contributed by atoms with Gasteiger partial charge in [0, 0.05) is 32.0 Å². The number of hydrogen-bond donors (Lipinski definition) is 1. The first-order chi connectivity index (χ1) is 6.22. The van der Waals surface area contributed by atoms with Crippen molar-refractivity contribution in [1.29, 1.82) is 0 Å². The molecule has 3 nitrogen and oxygen atoms in total. The van der Waals surface area contributed by atoms with Crippen LogP contribution in [-0.2, 0) is 4.79 Å². The molecule has 13 heavy (non-hydrogen) atoms. The SMILES string of the molecule is CN1C[C@@]2(CCCNC2)CCC1=O. The van der Waals surface area contributed by atoms with Gasteiger partial charge in [-0.05, 0) is 25.8 Å². The van der Waals surface area contributed by atoms with Gasteiger partial charge in [-0.2, -0.15) is 0 Å². The van der Waals surface area contributed by atoms with E-state index in [4.69, 9.17) is 0 Å². The van der Waals surface area contributed by atoms with E-state index in [1.807, 2.05) is 11.9 Å². The zero-order chi connectivity index (χ0) is 9.31. The van der Waals surface area contributed by atoms with E-state index < -0.39 is 0 Å². The third kappa shape index (κ3) is 1.70. The van der Waals surface area contributed by atoms with Gasteiger partial charge in [0.15, 0.2) is 0 Å². The van der Waals surface area contributed by atoms with E-state index in [-0.39, 0.29) is 0 Å². The molecule has 2 fully saturated rings. The molecule has 3 heteroatoms. The van der Waals surface area contributed by atoms with Gasteiger partial charge in [0.1, 0.15) is 0 Å². The van der Waals surface area contributed by atoms with E-state index >= 15 is 0 Å². The minimum Gasteiger partial charge on any atom is -0.345 e. The second-order valence-electron chi connectivity index (χ2n) is 4.53. The zero-order valence-electron chi connectivity index (χ0n) is 8.31. The predicted octanol–water partition coefficient (Wildman–Crippen LogP) is 0.608. The number of piperidine rings is 2. The standard InChI is InChI=1S/C10H18N2O/c1-12-8-10(5-3-9(12)13)4-2-6-11-7-10/h11H,2-8H2,1H3/t10-/m0/s1. The molecular formula is C10H18N2O. The van der Waals surface area contributed by atoms with Gasteiger partial charge < -0.3 is 10.2 Å². The number of nitrogens with zero attached hydrogens (tertiary/aromatic N) is 1. The lowest BCUT2D eigenvalue weighted by molar-refractivity contribution is -0.136. The van der Waals surface area contributed by atoms with Gasteiger partial charge in [0.25, 0.3) is 0 Å². The van der Waals surface area contributed by atoms with Crippen molar-refractivity contribution in [2.24, 2.45) is 5.41 Å². The maximum absolute atomic E-state index is 11.3. The van der Waals surface area contributed by atoms with Crippen LogP contribution in [0.2, 0.25) is 0 Å². The highest BCUT2D eigenvalue weighted by Crippen LogP contribution is 2.35. The van der Waals surface area contributed by atoms with Crippen LogP contribution in [0.5, 0.6) is 0 Å². The first-order valence-electron chi connectivity index (χ1n) is 5.17. The van der Waals surface area contributed by atoms with E-state index in [1.54, 1.807) is 0 Å². The lowest BCUT2D eigenvalue weighted by Crippen LogP contribution is -2.51. The van der Waals surface area contributed by atoms with Gasteiger partial charge in [-0.3, -0.25) is 4.79 Å². The number of carbonyl (C=O) groups excluding carboxylic acids is 1. The van der Waals surface area contributed by atoms with Crippen LogP contribution in [-0.4, -0.2) is 37.5 Å². The van der Waals surface area contributed by atoms with E-state index in [2.05, 4.69) is 5.32 Å². The highest BCUT2D eigenvalue weighted by atomic mass is 16.2. The lowest BCUT2D eigenvalue weighted by Gasteiger charge is -2.44. The second-order valence-corrected chi connectivity index (χ2v) is 4.53. The molecule has 2 aliphatic rings. The Bertz CT molecular complexity index is 209. The van der Waals surface area contributed by atoms with Gasteiger partial charge in [0.05, 0.1) is 0 Å². The lowest BCUT2D eigenvalue weighted by atomic mass is 9.74. The molecule has 1 N–H and O–H groups in total. The molecule has 74 valence electrons. The quantitative estimate of drug-likeness (QED) is 0.595. The minimum absolute atomic E-state index is 0.316. The highest BCUT2D eigenvalue weighted by Gasteiger charge is 2.37. The molecule has 2 rings (SSSR count). The van der Waals surface area contributed by atoms with Crippen LogP contribution in [0.25, 0.3) is 0 Å². The Morgan fingerprint density at radius 2 is 2.31 bits per heavy atom. The van der Waals surface area contributed by atoms with E-state index in [0.29, 0.717) is 11.3 Å². The molecule has 0 bridgehead atoms. The van der Waals surface area contributed by atoms with Crippen molar-refractivity contribution in [3.8, 4) is 0 Å². The summed E-state index contributed by atoms with van der Waals surface area (Å²) in [7, 11) is 1.93. The summed E-state index contributed by atoms with van der Waals surface area (Å²) in [4.78, 5) is 13.2. The van der Waals surface area contributed by atoms with Crippen molar-refractivity contribution in [3.05, 3.63) is 0 Å². The third-order valence-corrected chi connectivity index (χ3v) is 3.43. The number of amides is 1. The fraction of sp³-hybridized carbons (Fsp3) is 0.900. The molecule has 2 heterocycles. The fourth-order valence-corrected chi connectivity index (χ4v) is 2.61. The van der Waals surface area contributed by atoms with Gasteiger partial charge in [-0.15, -0.1) is 0 Å². The third-order valence-electron chi connectivity index (χ3n) is 3.43. The van der Waals surface area contributed by atoms with Gasteiger partial charge in [0.2, 0.25) is 5.91 Å². The van der Waals surface area contributed by atoms with E-state index in [0.717, 1.165) is 32.5 Å². The molecule has 0 saturated carbocycles. The van der Waals surface area contributed by atoms with Crippen molar-refractivity contribution < 1.29 is 4.79 Å². The summed E-state index contributed by atoms with van der Waals surface area (Å²) in [6, 6.07) is 0. The van der Waals surface area contributed by atoms with Crippen molar-refractivity contribution in [2.75, 3.05) is 26.7 Å². The average molecular weight is 182 g/mol. The van der Waals surface area contributed by atoms with Crippen LogP contribution in [0.4, 0.5) is 0 Å². The Morgan fingerprint density at radius 1 is 1.46 bits per heavy atom. The summed E-state index contributed by atoms with van der Waals surface area (Å²) in [5.41, 5.74) is 0.404. The van der Waals surface area contributed by atoms with E-state index in [1.165, 1.54) is 12.8 Å². The van der Waals surface area contributed by atoms with Gasteiger partial charge >= 0.3 is 0 Å². The van der Waals surface area contributed by atoms with Gasteiger partial charge in [-0.1, -0.05) is 0 Å². The molecule has 0 aliphatic carbocycles. The first-order valence-corrected chi connectivity index (χ1v) is 5.17. The Morgan fingerprint density at radius 3 is 2.92 bits per heavy atom. The predicted molar refractivity (Wildman–Crippen MR) is 51.4 cm³/mol.